The molecule has 5 N–H and O–H groups in total. The number of nitrogen functional groups attached to an aromatic ring is 1. The summed E-state index contributed by atoms with van der Waals surface area (Å²) >= 11 is 0. The summed E-state index contributed by atoms with van der Waals surface area (Å²) in [6.45, 7) is 5.32. The number of phenols is 1. The van der Waals surface area contributed by atoms with Crippen LogP contribution in [0.1, 0.15) is 64.2 Å². The zero-order valence-corrected chi connectivity index (χ0v) is 15.0. The van der Waals surface area contributed by atoms with Gasteiger partial charge in [0, 0.05) is 17.3 Å². The summed E-state index contributed by atoms with van der Waals surface area (Å²) in [5, 5.41) is 23.1. The molecule has 0 radical (unpaired) electrons. The van der Waals surface area contributed by atoms with Crippen molar-refractivity contribution in [2.24, 2.45) is 11.8 Å². The van der Waals surface area contributed by atoms with Crippen LogP contribution in [0.5, 0.6) is 5.75 Å². The van der Waals surface area contributed by atoms with Gasteiger partial charge in [0.15, 0.2) is 0 Å². The number of aliphatic hydroxyl groups is 1. The van der Waals surface area contributed by atoms with E-state index in [-0.39, 0.29) is 5.75 Å². The monoisotopic (exact) mass is 332 g/mol. The second-order valence-corrected chi connectivity index (χ2v) is 7.04. The highest BCUT2D eigenvalue weighted by atomic mass is 16.3. The minimum atomic E-state index is -0.856. The number of hydrogen-bond donors (Lipinski definition) is 4. The Bertz CT molecular complexity index is 557. The number of hydrogen-bond acceptors (Lipinski definition) is 4. The molecule has 4 heteroatoms. The Morgan fingerprint density at radius 3 is 2.79 bits per heavy atom. The Morgan fingerprint density at radius 1 is 1.38 bits per heavy atom. The molecule has 134 valence electrons. The summed E-state index contributed by atoms with van der Waals surface area (Å²) in [6, 6.07) is 4.80. The minimum Gasteiger partial charge on any atom is -0.507 e. The summed E-state index contributed by atoms with van der Waals surface area (Å²) in [4.78, 5) is 0. The molecule has 1 aromatic carbocycles. The average Bonchev–Trinajstić information content (AvgIpc) is 2.58. The van der Waals surface area contributed by atoms with Gasteiger partial charge in [-0.05, 0) is 69.0 Å². The van der Waals surface area contributed by atoms with E-state index >= 15 is 0 Å². The van der Waals surface area contributed by atoms with Crippen LogP contribution < -0.4 is 11.1 Å². The summed E-state index contributed by atoms with van der Waals surface area (Å²) in [7, 11) is 0. The van der Waals surface area contributed by atoms with E-state index < -0.39 is 6.23 Å². The molecule has 0 fully saturated rings. The van der Waals surface area contributed by atoms with Gasteiger partial charge in [0.1, 0.15) is 12.0 Å². The van der Waals surface area contributed by atoms with Crippen molar-refractivity contribution in [2.45, 2.75) is 58.6 Å². The van der Waals surface area contributed by atoms with Gasteiger partial charge in [0.25, 0.3) is 0 Å². The second-order valence-electron chi connectivity index (χ2n) is 7.04. The number of benzene rings is 1. The van der Waals surface area contributed by atoms with E-state index in [1.54, 1.807) is 17.7 Å². The molecule has 0 aliphatic heterocycles. The first-order valence-electron chi connectivity index (χ1n) is 9.19. The third-order valence-electron chi connectivity index (χ3n) is 5.33. The lowest BCUT2D eigenvalue weighted by molar-refractivity contribution is 0.134. The molecule has 24 heavy (non-hydrogen) atoms. The molecule has 1 aliphatic rings. The molecule has 2 rings (SSSR count). The summed E-state index contributed by atoms with van der Waals surface area (Å²) in [5.74, 6) is 1.54. The molecule has 3 unspecified atom stereocenters. The number of nitrogens with two attached hydrogens (primary N) is 1. The lowest BCUT2D eigenvalue weighted by Crippen LogP contribution is -2.23. The van der Waals surface area contributed by atoms with Crippen LogP contribution in [0, 0.1) is 11.8 Å². The SMILES string of the molecule is CCC1=CCC(C(C)CCCNC(O)c2ccc(N)cc2O)CC1. The summed E-state index contributed by atoms with van der Waals surface area (Å²) in [6.07, 6.45) is 8.76. The maximum Gasteiger partial charge on any atom is 0.134 e. The number of aromatic hydroxyl groups is 1. The topological polar surface area (TPSA) is 78.5 Å². The first kappa shape index (κ1) is 18.8. The fraction of sp³-hybridized carbons (Fsp3) is 0.600. The maximum atomic E-state index is 10.1. The van der Waals surface area contributed by atoms with Crippen LogP contribution in [-0.4, -0.2) is 16.8 Å². The van der Waals surface area contributed by atoms with Crippen LogP contribution in [0.3, 0.4) is 0 Å². The number of rotatable bonds is 8. The Morgan fingerprint density at radius 2 is 2.17 bits per heavy atom. The van der Waals surface area contributed by atoms with Crippen molar-refractivity contribution in [3.8, 4) is 5.75 Å². The Kier molecular flexibility index (Phi) is 7.13. The van der Waals surface area contributed by atoms with E-state index in [9.17, 15) is 10.2 Å². The molecule has 0 bridgehead atoms. The molecule has 3 atom stereocenters. The van der Waals surface area contributed by atoms with Crippen molar-refractivity contribution < 1.29 is 10.2 Å². The smallest absolute Gasteiger partial charge is 0.134 e. The van der Waals surface area contributed by atoms with E-state index in [0.717, 1.165) is 25.3 Å². The molecular weight excluding hydrogens is 300 g/mol. The number of allylic oxidation sites excluding steroid dienone is 2. The van der Waals surface area contributed by atoms with Crippen molar-refractivity contribution in [3.05, 3.63) is 35.4 Å². The van der Waals surface area contributed by atoms with Crippen molar-refractivity contribution in [3.63, 3.8) is 0 Å². The van der Waals surface area contributed by atoms with Gasteiger partial charge in [-0.3, -0.25) is 5.32 Å². The molecule has 0 saturated carbocycles. The molecule has 1 aliphatic carbocycles. The number of nitrogens with one attached hydrogen (secondary N) is 1. The molecular formula is C20H32N2O2. The van der Waals surface area contributed by atoms with E-state index in [1.165, 1.54) is 31.7 Å². The first-order valence-corrected chi connectivity index (χ1v) is 9.19. The lowest BCUT2D eigenvalue weighted by Gasteiger charge is -2.27. The van der Waals surface area contributed by atoms with Gasteiger partial charge < -0.3 is 15.9 Å². The number of aliphatic hydroxyl groups excluding tert-OH is 1. The number of anilines is 1. The highest BCUT2D eigenvalue weighted by Crippen LogP contribution is 2.32. The van der Waals surface area contributed by atoms with Gasteiger partial charge >= 0.3 is 0 Å². The highest BCUT2D eigenvalue weighted by Gasteiger charge is 2.20. The predicted molar refractivity (Wildman–Crippen MR) is 99.6 cm³/mol. The Balaban J connectivity index is 1.70. The van der Waals surface area contributed by atoms with Crippen LogP contribution in [0.4, 0.5) is 5.69 Å². The minimum absolute atomic E-state index is 0.0316. The van der Waals surface area contributed by atoms with E-state index in [4.69, 9.17) is 5.73 Å². The molecule has 1 aromatic rings. The third kappa shape index (κ3) is 5.25. The van der Waals surface area contributed by atoms with Crippen LogP contribution >= 0.6 is 0 Å². The maximum absolute atomic E-state index is 10.1. The van der Waals surface area contributed by atoms with E-state index in [1.807, 2.05) is 0 Å². The quantitative estimate of drug-likeness (QED) is 0.250. The van der Waals surface area contributed by atoms with Crippen LogP contribution in [-0.2, 0) is 0 Å². The molecule has 0 amide bonds. The average molecular weight is 332 g/mol. The fourth-order valence-electron chi connectivity index (χ4n) is 3.55. The van der Waals surface area contributed by atoms with E-state index in [0.29, 0.717) is 17.2 Å². The third-order valence-corrected chi connectivity index (χ3v) is 5.33. The molecule has 0 saturated heterocycles. The zero-order valence-electron chi connectivity index (χ0n) is 15.0. The highest BCUT2D eigenvalue weighted by molar-refractivity contribution is 5.48. The molecule has 0 heterocycles. The standard InChI is InChI=1S/C20H32N2O2/c1-3-15-6-8-16(9-7-15)14(2)5-4-12-22-20(24)18-11-10-17(21)13-19(18)23/h6,10-11,13-14,16,20,22-24H,3-5,7-9,12,21H2,1-2H3. The largest absolute Gasteiger partial charge is 0.507 e. The van der Waals surface area contributed by atoms with Crippen molar-refractivity contribution >= 4 is 5.69 Å². The molecule has 0 spiro atoms. The lowest BCUT2D eigenvalue weighted by atomic mass is 9.79. The van der Waals surface area contributed by atoms with Crippen LogP contribution in [0.15, 0.2) is 29.8 Å². The Hall–Kier alpha value is -1.52. The van der Waals surface area contributed by atoms with Crippen LogP contribution in [0.25, 0.3) is 0 Å². The van der Waals surface area contributed by atoms with Crippen molar-refractivity contribution in [1.29, 1.82) is 0 Å². The Labute approximate surface area is 145 Å². The van der Waals surface area contributed by atoms with Gasteiger partial charge in [0.2, 0.25) is 0 Å². The first-order chi connectivity index (χ1) is 11.5. The van der Waals surface area contributed by atoms with E-state index in [2.05, 4.69) is 25.2 Å². The van der Waals surface area contributed by atoms with Crippen molar-refractivity contribution in [2.75, 3.05) is 12.3 Å². The van der Waals surface area contributed by atoms with Crippen LogP contribution in [0.2, 0.25) is 0 Å². The van der Waals surface area contributed by atoms with Gasteiger partial charge in [-0.15, -0.1) is 0 Å². The fourth-order valence-corrected chi connectivity index (χ4v) is 3.55. The van der Waals surface area contributed by atoms with Gasteiger partial charge in [0.05, 0.1) is 0 Å². The molecule has 0 aromatic heterocycles. The summed E-state index contributed by atoms with van der Waals surface area (Å²) < 4.78 is 0. The van der Waals surface area contributed by atoms with Gasteiger partial charge in [-0.2, -0.15) is 0 Å². The predicted octanol–water partition coefficient (Wildman–Crippen LogP) is 4.11. The molecule has 4 nitrogen and oxygen atoms in total. The van der Waals surface area contributed by atoms with Crippen molar-refractivity contribution in [1.82, 2.24) is 5.32 Å². The van der Waals surface area contributed by atoms with Gasteiger partial charge in [-0.25, -0.2) is 0 Å². The second kappa shape index (κ2) is 9.09. The normalized spacial score (nSPS) is 20.5. The summed E-state index contributed by atoms with van der Waals surface area (Å²) in [5.41, 5.74) is 8.19. The zero-order chi connectivity index (χ0) is 17.5. The number of phenolic OH excluding ortho intramolecular Hbond substituents is 1. The van der Waals surface area contributed by atoms with Gasteiger partial charge in [-0.1, -0.05) is 25.5 Å².